The highest BCUT2D eigenvalue weighted by atomic mass is 16.3. The lowest BCUT2D eigenvalue weighted by atomic mass is 10.1. The van der Waals surface area contributed by atoms with Crippen LogP contribution < -0.4 is 0 Å². The molecule has 0 aliphatic rings. The van der Waals surface area contributed by atoms with Gasteiger partial charge in [-0.05, 0) is 23.6 Å². The summed E-state index contributed by atoms with van der Waals surface area (Å²) >= 11 is 0. The second kappa shape index (κ2) is 2.27. The zero-order valence-electron chi connectivity index (χ0n) is 5.91. The van der Waals surface area contributed by atoms with Crippen LogP contribution in [0.5, 0.6) is 5.75 Å². The van der Waals surface area contributed by atoms with Crippen molar-refractivity contribution in [2.45, 2.75) is 0 Å². The van der Waals surface area contributed by atoms with Crippen molar-refractivity contribution in [1.29, 1.82) is 0 Å². The fourth-order valence-electron chi connectivity index (χ4n) is 1.15. The first-order chi connectivity index (χ1) is 5.38. The summed E-state index contributed by atoms with van der Waals surface area (Å²) in [6, 6.07) is 13.9. The van der Waals surface area contributed by atoms with Crippen LogP contribution in [0.4, 0.5) is 0 Å². The molecule has 0 saturated heterocycles. The van der Waals surface area contributed by atoms with Crippen LogP contribution in [0.15, 0.2) is 36.4 Å². The Kier molecular flexibility index (Phi) is 1.29. The minimum atomic E-state index is 0.330. The van der Waals surface area contributed by atoms with E-state index >= 15 is 0 Å². The summed E-state index contributed by atoms with van der Waals surface area (Å²) in [7, 11) is 0. The molecule has 2 rings (SSSR count). The lowest BCUT2D eigenvalue weighted by Crippen LogP contribution is -1.71. The molecule has 0 heterocycles. The minimum Gasteiger partial charge on any atom is -0.507 e. The average Bonchev–Trinajstić information content (AvgIpc) is 2.06. The third kappa shape index (κ3) is 0.944. The van der Waals surface area contributed by atoms with E-state index in [0.717, 1.165) is 10.8 Å². The van der Waals surface area contributed by atoms with Crippen molar-refractivity contribution >= 4 is 10.8 Å². The number of hydrogen-bond donors (Lipinski definition) is 1. The zero-order chi connectivity index (χ0) is 7.68. The van der Waals surface area contributed by atoms with Crippen LogP contribution in [0.3, 0.4) is 0 Å². The summed E-state index contributed by atoms with van der Waals surface area (Å²) in [5.74, 6) is 0.330. The molecule has 2 aromatic rings. The predicted molar refractivity (Wildman–Crippen MR) is 44.4 cm³/mol. The third-order valence-electron chi connectivity index (χ3n) is 1.70. The Hall–Kier alpha value is -1.50. The van der Waals surface area contributed by atoms with Crippen LogP contribution >= 0.6 is 0 Å². The van der Waals surface area contributed by atoms with Crippen LogP contribution in [0.2, 0.25) is 0 Å². The molecule has 1 heteroatoms. The molecule has 0 fully saturated rings. The number of aromatic hydroxyl groups is 1. The number of hydrogen-bond acceptors (Lipinski definition) is 1. The van der Waals surface area contributed by atoms with E-state index in [4.69, 9.17) is 0 Å². The molecule has 1 radical (unpaired) electrons. The Bertz CT molecular complexity index is 374. The van der Waals surface area contributed by atoms with Gasteiger partial charge in [0.05, 0.1) is 0 Å². The van der Waals surface area contributed by atoms with Gasteiger partial charge < -0.3 is 5.11 Å². The largest absolute Gasteiger partial charge is 0.507 e. The second-order valence-corrected chi connectivity index (χ2v) is 2.42. The number of phenolic OH excluding ortho intramolecular Hbond substituents is 1. The molecule has 2 aromatic carbocycles. The normalized spacial score (nSPS) is 10.2. The highest BCUT2D eigenvalue weighted by molar-refractivity contribution is 5.87. The smallest absolute Gasteiger partial charge is 0.123 e. The van der Waals surface area contributed by atoms with Gasteiger partial charge in [-0.1, -0.05) is 24.3 Å². The van der Waals surface area contributed by atoms with Gasteiger partial charge in [0.2, 0.25) is 0 Å². The first-order valence-corrected chi connectivity index (χ1v) is 3.46. The van der Waals surface area contributed by atoms with Gasteiger partial charge in [-0.2, -0.15) is 0 Å². The van der Waals surface area contributed by atoms with Crippen molar-refractivity contribution in [3.63, 3.8) is 0 Å². The number of rotatable bonds is 0. The molecular formula is C10H7O. The summed E-state index contributed by atoms with van der Waals surface area (Å²) in [5.41, 5.74) is 0. The van der Waals surface area contributed by atoms with Crippen molar-refractivity contribution in [1.82, 2.24) is 0 Å². The monoisotopic (exact) mass is 143 g/mol. The van der Waals surface area contributed by atoms with Crippen LogP contribution in [0.1, 0.15) is 0 Å². The fraction of sp³-hybridized carbons (Fsp3) is 0. The molecule has 0 aliphatic carbocycles. The number of benzene rings is 2. The summed E-state index contributed by atoms with van der Waals surface area (Å²) in [6.45, 7) is 0. The van der Waals surface area contributed by atoms with Crippen LogP contribution in [-0.2, 0) is 0 Å². The summed E-state index contributed by atoms with van der Waals surface area (Å²) in [6.07, 6.45) is 0. The Morgan fingerprint density at radius 3 is 2.91 bits per heavy atom. The Labute approximate surface area is 64.9 Å². The highest BCUT2D eigenvalue weighted by Gasteiger charge is 1.94. The second-order valence-electron chi connectivity index (χ2n) is 2.42. The molecule has 0 unspecified atom stereocenters. The lowest BCUT2D eigenvalue weighted by Gasteiger charge is -1.97. The van der Waals surface area contributed by atoms with Gasteiger partial charge in [0.1, 0.15) is 5.75 Å². The van der Waals surface area contributed by atoms with Gasteiger partial charge in [0.15, 0.2) is 0 Å². The molecular weight excluding hydrogens is 136 g/mol. The van der Waals surface area contributed by atoms with E-state index in [1.54, 1.807) is 12.1 Å². The zero-order valence-corrected chi connectivity index (χ0v) is 5.91. The topological polar surface area (TPSA) is 20.2 Å². The molecule has 0 aliphatic heterocycles. The van der Waals surface area contributed by atoms with E-state index in [0.29, 0.717) is 5.75 Å². The first kappa shape index (κ1) is 6.23. The molecule has 1 nitrogen and oxygen atoms in total. The summed E-state index contributed by atoms with van der Waals surface area (Å²) in [4.78, 5) is 0. The molecule has 0 spiro atoms. The number of fused-ring (bicyclic) bond motifs is 1. The van der Waals surface area contributed by atoms with E-state index in [1.807, 2.05) is 24.3 Å². The summed E-state index contributed by atoms with van der Waals surface area (Å²) < 4.78 is 0. The van der Waals surface area contributed by atoms with Gasteiger partial charge >= 0.3 is 0 Å². The third-order valence-corrected chi connectivity index (χ3v) is 1.70. The summed E-state index contributed by atoms with van der Waals surface area (Å²) in [5, 5.41) is 11.3. The quantitative estimate of drug-likeness (QED) is 0.600. The van der Waals surface area contributed by atoms with Gasteiger partial charge in [-0.3, -0.25) is 0 Å². The van der Waals surface area contributed by atoms with Crippen LogP contribution in [-0.4, -0.2) is 5.11 Å². The fourth-order valence-corrected chi connectivity index (χ4v) is 1.15. The van der Waals surface area contributed by atoms with Gasteiger partial charge in [0.25, 0.3) is 0 Å². The van der Waals surface area contributed by atoms with E-state index in [9.17, 15) is 5.11 Å². The first-order valence-electron chi connectivity index (χ1n) is 3.46. The maximum Gasteiger partial charge on any atom is 0.123 e. The van der Waals surface area contributed by atoms with E-state index in [1.165, 1.54) is 0 Å². The van der Waals surface area contributed by atoms with E-state index in [-0.39, 0.29) is 0 Å². The molecule has 0 saturated carbocycles. The Balaban J connectivity index is 2.91. The van der Waals surface area contributed by atoms with E-state index in [2.05, 4.69) is 6.07 Å². The maximum absolute atomic E-state index is 9.36. The predicted octanol–water partition coefficient (Wildman–Crippen LogP) is 2.35. The van der Waals surface area contributed by atoms with Crippen LogP contribution in [0.25, 0.3) is 10.8 Å². The van der Waals surface area contributed by atoms with Gasteiger partial charge in [0, 0.05) is 5.39 Å². The Morgan fingerprint density at radius 1 is 1.18 bits per heavy atom. The molecule has 0 bridgehead atoms. The van der Waals surface area contributed by atoms with E-state index < -0.39 is 0 Å². The molecule has 0 amide bonds. The molecule has 0 aromatic heterocycles. The molecule has 0 atom stereocenters. The SMILES string of the molecule is Oc1cccc2c[c]ccc12. The molecule has 11 heavy (non-hydrogen) atoms. The lowest BCUT2D eigenvalue weighted by molar-refractivity contribution is 0.481. The minimum absolute atomic E-state index is 0.330. The average molecular weight is 143 g/mol. The van der Waals surface area contributed by atoms with Crippen molar-refractivity contribution in [2.75, 3.05) is 0 Å². The molecule has 53 valence electrons. The molecule has 1 N–H and O–H groups in total. The van der Waals surface area contributed by atoms with Gasteiger partial charge in [-0.15, -0.1) is 0 Å². The highest BCUT2D eigenvalue weighted by Crippen LogP contribution is 2.22. The van der Waals surface area contributed by atoms with Crippen molar-refractivity contribution in [3.05, 3.63) is 42.5 Å². The van der Waals surface area contributed by atoms with Crippen molar-refractivity contribution in [3.8, 4) is 5.75 Å². The van der Waals surface area contributed by atoms with Crippen molar-refractivity contribution in [2.24, 2.45) is 0 Å². The standard InChI is InChI=1S/C10H7O/c11-10-7-3-5-8-4-1-2-6-9(8)10/h2-7,11H. The van der Waals surface area contributed by atoms with Gasteiger partial charge in [-0.25, -0.2) is 0 Å². The van der Waals surface area contributed by atoms with Crippen LogP contribution in [0, 0.1) is 6.07 Å². The number of phenols is 1. The Morgan fingerprint density at radius 2 is 2.09 bits per heavy atom. The maximum atomic E-state index is 9.36. The van der Waals surface area contributed by atoms with Crippen molar-refractivity contribution < 1.29 is 5.11 Å².